The van der Waals surface area contributed by atoms with Crippen molar-refractivity contribution in [2.24, 2.45) is 0 Å². The van der Waals surface area contributed by atoms with E-state index in [4.69, 9.17) is 4.18 Å². The molecule has 3 rings (SSSR count). The highest BCUT2D eigenvalue weighted by Crippen LogP contribution is 2.19. The quantitative estimate of drug-likeness (QED) is 0.564. The number of rotatable bonds is 7. The fourth-order valence-corrected chi connectivity index (χ4v) is 3.42. The molecule has 2 amide bonds. The molecule has 3 aromatic rings. The maximum Gasteiger partial charge on any atom is 0.322 e. The van der Waals surface area contributed by atoms with Crippen molar-refractivity contribution in [3.63, 3.8) is 0 Å². The third-order valence-corrected chi connectivity index (χ3v) is 4.93. The Hall–Kier alpha value is -3.32. The number of hydrogen-bond acceptors (Lipinski definition) is 4. The van der Waals surface area contributed by atoms with Crippen molar-refractivity contribution in [2.45, 2.75) is 20.0 Å². The van der Waals surface area contributed by atoms with Crippen molar-refractivity contribution in [1.29, 1.82) is 0 Å². The molecule has 0 aliphatic carbocycles. The van der Waals surface area contributed by atoms with E-state index in [0.29, 0.717) is 13.1 Å². The zero-order valence-electron chi connectivity index (χ0n) is 16.9. The number of nitrogens with one attached hydrogen (secondary N) is 1. The number of urea groups is 1. The number of benzene rings is 3. The molecule has 3 aromatic carbocycles. The van der Waals surface area contributed by atoms with Gasteiger partial charge in [0.05, 0.1) is 6.26 Å². The van der Waals surface area contributed by atoms with Crippen LogP contribution in [0.25, 0.3) is 0 Å². The van der Waals surface area contributed by atoms with Gasteiger partial charge in [-0.3, -0.25) is 0 Å². The van der Waals surface area contributed by atoms with Crippen molar-refractivity contribution in [1.82, 2.24) is 4.90 Å². The predicted molar refractivity (Wildman–Crippen MR) is 118 cm³/mol. The van der Waals surface area contributed by atoms with Gasteiger partial charge in [-0.25, -0.2) is 4.79 Å². The van der Waals surface area contributed by atoms with E-state index in [9.17, 15) is 13.2 Å². The Morgan fingerprint density at radius 1 is 0.867 bits per heavy atom. The van der Waals surface area contributed by atoms with Gasteiger partial charge in [0.25, 0.3) is 0 Å². The second-order valence-electron chi connectivity index (χ2n) is 7.02. The molecule has 156 valence electrons. The van der Waals surface area contributed by atoms with Gasteiger partial charge in [-0.05, 0) is 41.8 Å². The number of aryl methyl sites for hydroxylation is 1. The molecular formula is C23H24N2O4S. The Bertz CT molecular complexity index is 1100. The molecule has 0 fully saturated rings. The van der Waals surface area contributed by atoms with Gasteiger partial charge < -0.3 is 14.4 Å². The number of para-hydroxylation sites is 1. The number of anilines is 1. The Kier molecular flexibility index (Phi) is 6.74. The SMILES string of the molecule is Cc1ccccc1NC(=O)N(Cc1ccccc1)Cc1ccc(OS(C)(=O)=O)cc1. The summed E-state index contributed by atoms with van der Waals surface area (Å²) >= 11 is 0. The Morgan fingerprint density at radius 3 is 2.03 bits per heavy atom. The molecule has 0 unspecified atom stereocenters. The maximum absolute atomic E-state index is 13.0. The van der Waals surface area contributed by atoms with E-state index in [2.05, 4.69) is 5.32 Å². The summed E-state index contributed by atoms with van der Waals surface area (Å²) in [6, 6.07) is 23.8. The summed E-state index contributed by atoms with van der Waals surface area (Å²) in [6.07, 6.45) is 0.998. The molecule has 30 heavy (non-hydrogen) atoms. The van der Waals surface area contributed by atoms with E-state index in [1.807, 2.05) is 61.5 Å². The summed E-state index contributed by atoms with van der Waals surface area (Å²) in [5, 5.41) is 2.98. The van der Waals surface area contributed by atoms with Gasteiger partial charge in [-0.2, -0.15) is 8.42 Å². The standard InChI is InChI=1S/C23H24N2O4S/c1-18-8-6-7-11-22(18)24-23(26)25(16-19-9-4-3-5-10-19)17-20-12-14-21(15-13-20)29-30(2,27)28/h3-15H,16-17H2,1-2H3,(H,24,26). The molecule has 0 saturated carbocycles. The first-order valence-electron chi connectivity index (χ1n) is 9.44. The lowest BCUT2D eigenvalue weighted by atomic mass is 10.1. The minimum absolute atomic E-state index is 0.218. The normalized spacial score (nSPS) is 11.0. The van der Waals surface area contributed by atoms with Crippen LogP contribution in [0.5, 0.6) is 5.75 Å². The fourth-order valence-electron chi connectivity index (χ4n) is 2.96. The molecule has 0 radical (unpaired) electrons. The van der Waals surface area contributed by atoms with Gasteiger partial charge in [-0.15, -0.1) is 0 Å². The van der Waals surface area contributed by atoms with Crippen molar-refractivity contribution in [2.75, 3.05) is 11.6 Å². The molecular weight excluding hydrogens is 400 g/mol. The first-order valence-corrected chi connectivity index (χ1v) is 11.3. The third kappa shape index (κ3) is 6.35. The van der Waals surface area contributed by atoms with Crippen LogP contribution in [0.4, 0.5) is 10.5 Å². The fraction of sp³-hybridized carbons (Fsp3) is 0.174. The lowest BCUT2D eigenvalue weighted by Crippen LogP contribution is -2.34. The van der Waals surface area contributed by atoms with E-state index in [1.54, 1.807) is 29.2 Å². The minimum atomic E-state index is -3.58. The highest BCUT2D eigenvalue weighted by molar-refractivity contribution is 7.86. The van der Waals surface area contributed by atoms with Crippen molar-refractivity contribution in [3.8, 4) is 5.75 Å². The van der Waals surface area contributed by atoms with Crippen LogP contribution in [-0.4, -0.2) is 25.6 Å². The molecule has 0 aromatic heterocycles. The van der Waals surface area contributed by atoms with Gasteiger partial charge in [0.1, 0.15) is 5.75 Å². The zero-order valence-corrected chi connectivity index (χ0v) is 17.7. The molecule has 0 spiro atoms. The summed E-state index contributed by atoms with van der Waals surface area (Å²) in [5.74, 6) is 0.236. The lowest BCUT2D eigenvalue weighted by Gasteiger charge is -2.24. The van der Waals surface area contributed by atoms with Crippen LogP contribution < -0.4 is 9.50 Å². The molecule has 0 bridgehead atoms. The Labute approximate surface area is 177 Å². The number of carbonyl (C=O) groups excluding carboxylic acids is 1. The topological polar surface area (TPSA) is 75.7 Å². The highest BCUT2D eigenvalue weighted by atomic mass is 32.2. The first-order chi connectivity index (χ1) is 14.3. The Balaban J connectivity index is 1.78. The van der Waals surface area contributed by atoms with Crippen LogP contribution >= 0.6 is 0 Å². The number of amides is 2. The zero-order chi connectivity index (χ0) is 21.6. The van der Waals surface area contributed by atoms with E-state index >= 15 is 0 Å². The van der Waals surface area contributed by atoms with Crippen molar-refractivity contribution < 1.29 is 17.4 Å². The molecule has 0 aliphatic rings. The van der Waals surface area contributed by atoms with E-state index < -0.39 is 10.1 Å². The summed E-state index contributed by atoms with van der Waals surface area (Å²) in [5.41, 5.74) is 3.60. The smallest absolute Gasteiger partial charge is 0.322 e. The monoisotopic (exact) mass is 424 g/mol. The lowest BCUT2D eigenvalue weighted by molar-refractivity contribution is 0.206. The molecule has 0 heterocycles. The largest absolute Gasteiger partial charge is 0.383 e. The average Bonchev–Trinajstić information content (AvgIpc) is 2.70. The highest BCUT2D eigenvalue weighted by Gasteiger charge is 2.16. The Morgan fingerprint density at radius 2 is 1.43 bits per heavy atom. The number of carbonyl (C=O) groups is 1. The van der Waals surface area contributed by atoms with Crippen molar-refractivity contribution >= 4 is 21.8 Å². The van der Waals surface area contributed by atoms with E-state index in [0.717, 1.165) is 28.6 Å². The number of hydrogen-bond donors (Lipinski definition) is 1. The van der Waals surface area contributed by atoms with Crippen LogP contribution in [0.15, 0.2) is 78.9 Å². The van der Waals surface area contributed by atoms with Gasteiger partial charge in [-0.1, -0.05) is 60.7 Å². The molecule has 1 N–H and O–H groups in total. The van der Waals surface area contributed by atoms with Crippen molar-refractivity contribution in [3.05, 3.63) is 95.6 Å². The second-order valence-corrected chi connectivity index (χ2v) is 8.59. The van der Waals surface area contributed by atoms with Gasteiger partial charge in [0.15, 0.2) is 0 Å². The van der Waals surface area contributed by atoms with Gasteiger partial charge in [0.2, 0.25) is 0 Å². The van der Waals surface area contributed by atoms with Crippen LogP contribution in [0, 0.1) is 6.92 Å². The molecule has 0 aliphatic heterocycles. The minimum Gasteiger partial charge on any atom is -0.383 e. The van der Waals surface area contributed by atoms with E-state index in [1.165, 1.54) is 0 Å². The van der Waals surface area contributed by atoms with Gasteiger partial charge in [0, 0.05) is 18.8 Å². The molecule has 0 saturated heterocycles. The molecule has 7 heteroatoms. The summed E-state index contributed by atoms with van der Waals surface area (Å²) in [4.78, 5) is 14.7. The van der Waals surface area contributed by atoms with Gasteiger partial charge >= 0.3 is 16.1 Å². The first kappa shape index (κ1) is 21.4. The predicted octanol–water partition coefficient (Wildman–Crippen LogP) is 4.57. The average molecular weight is 425 g/mol. The summed E-state index contributed by atoms with van der Waals surface area (Å²) in [6.45, 7) is 2.73. The maximum atomic E-state index is 13.0. The summed E-state index contributed by atoms with van der Waals surface area (Å²) in [7, 11) is -3.58. The van der Waals surface area contributed by atoms with Crippen LogP contribution in [0.1, 0.15) is 16.7 Å². The van der Waals surface area contributed by atoms with E-state index in [-0.39, 0.29) is 11.8 Å². The number of nitrogens with zero attached hydrogens (tertiary/aromatic N) is 1. The molecule has 0 atom stereocenters. The van der Waals surface area contributed by atoms with Crippen LogP contribution in [-0.2, 0) is 23.2 Å². The second kappa shape index (κ2) is 9.45. The third-order valence-electron chi connectivity index (χ3n) is 4.43. The van der Waals surface area contributed by atoms with Crippen LogP contribution in [0.3, 0.4) is 0 Å². The molecule has 6 nitrogen and oxygen atoms in total. The summed E-state index contributed by atoms with van der Waals surface area (Å²) < 4.78 is 27.4. The van der Waals surface area contributed by atoms with Crippen LogP contribution in [0.2, 0.25) is 0 Å².